The average Bonchev–Trinajstić information content (AvgIpc) is 2.33. The smallest absolute Gasteiger partial charge is 0.0417 e. The van der Waals surface area contributed by atoms with Gasteiger partial charge in [-0.2, -0.15) is 0 Å². The molecule has 2 rings (SSSR count). The number of hydrogen-bond acceptors (Lipinski definition) is 2. The first kappa shape index (κ1) is 17.3. The van der Waals surface area contributed by atoms with Crippen LogP contribution in [0.5, 0.6) is 0 Å². The average molecular weight is 368 g/mol. The quantitative estimate of drug-likeness (QED) is 0.871. The van der Waals surface area contributed by atoms with Crippen molar-refractivity contribution in [3.8, 4) is 0 Å². The summed E-state index contributed by atoms with van der Waals surface area (Å²) in [5.41, 5.74) is 7.27. The molecule has 1 heterocycles. The van der Waals surface area contributed by atoms with E-state index in [4.69, 9.17) is 17.3 Å². The fourth-order valence-corrected chi connectivity index (χ4v) is 3.34. The largest absolute Gasteiger partial charge is 0.328 e. The summed E-state index contributed by atoms with van der Waals surface area (Å²) < 4.78 is 1.10. The zero-order chi connectivity index (χ0) is 13.1. The fourth-order valence-electron chi connectivity index (χ4n) is 2.53. The van der Waals surface area contributed by atoms with Gasteiger partial charge in [0.2, 0.25) is 0 Å². The molecule has 19 heavy (non-hydrogen) atoms. The van der Waals surface area contributed by atoms with Crippen LogP contribution in [0.15, 0.2) is 22.7 Å². The lowest BCUT2D eigenvalue weighted by Gasteiger charge is -2.33. The second-order valence-corrected chi connectivity index (χ2v) is 6.50. The maximum Gasteiger partial charge on any atom is 0.0417 e. The van der Waals surface area contributed by atoms with Crippen LogP contribution in [0.25, 0.3) is 0 Å². The van der Waals surface area contributed by atoms with Gasteiger partial charge in [0, 0.05) is 22.1 Å². The Bertz CT molecular complexity index is 404. The van der Waals surface area contributed by atoms with Gasteiger partial charge in [0.15, 0.2) is 0 Å². The van der Waals surface area contributed by atoms with Crippen LogP contribution in [-0.4, -0.2) is 24.0 Å². The van der Waals surface area contributed by atoms with Crippen LogP contribution in [0, 0.1) is 5.92 Å². The zero-order valence-electron chi connectivity index (χ0n) is 11.1. The van der Waals surface area contributed by atoms with E-state index in [0.717, 1.165) is 29.1 Å². The predicted molar refractivity (Wildman–Crippen MR) is 88.1 cm³/mol. The summed E-state index contributed by atoms with van der Waals surface area (Å²) in [7, 11) is 0. The number of likely N-dealkylation sites (tertiary alicyclic amines) is 1. The van der Waals surface area contributed by atoms with E-state index < -0.39 is 0 Å². The maximum atomic E-state index is 5.97. The Labute approximate surface area is 135 Å². The summed E-state index contributed by atoms with van der Waals surface area (Å²) in [4.78, 5) is 2.49. The molecule has 2 N–H and O–H groups in total. The second kappa shape index (κ2) is 7.84. The summed E-state index contributed by atoms with van der Waals surface area (Å²) in [5, 5.41) is 0.779. The molecule has 1 unspecified atom stereocenters. The molecule has 0 aliphatic carbocycles. The monoisotopic (exact) mass is 366 g/mol. The van der Waals surface area contributed by atoms with Gasteiger partial charge in [-0.15, -0.1) is 12.4 Å². The van der Waals surface area contributed by atoms with Crippen molar-refractivity contribution in [2.24, 2.45) is 11.7 Å². The third-order valence-electron chi connectivity index (χ3n) is 3.78. The summed E-state index contributed by atoms with van der Waals surface area (Å²) >= 11 is 9.53. The van der Waals surface area contributed by atoms with Crippen molar-refractivity contribution >= 4 is 39.9 Å². The molecule has 0 radical (unpaired) electrons. The van der Waals surface area contributed by atoms with E-state index >= 15 is 0 Å². The second-order valence-electron chi connectivity index (χ2n) is 5.21. The van der Waals surface area contributed by atoms with Gasteiger partial charge in [-0.05, 0) is 56.5 Å². The topological polar surface area (TPSA) is 29.3 Å². The van der Waals surface area contributed by atoms with Crippen LogP contribution in [0.2, 0.25) is 5.02 Å². The lowest BCUT2D eigenvalue weighted by atomic mass is 9.91. The first-order valence-corrected chi connectivity index (χ1v) is 7.65. The van der Waals surface area contributed by atoms with Crippen molar-refractivity contribution in [1.29, 1.82) is 0 Å². The Kier molecular flexibility index (Phi) is 7.12. The Morgan fingerprint density at radius 1 is 1.42 bits per heavy atom. The molecule has 108 valence electrons. The lowest BCUT2D eigenvalue weighted by molar-refractivity contribution is 0.165. The van der Waals surface area contributed by atoms with Gasteiger partial charge < -0.3 is 5.73 Å². The number of benzene rings is 1. The highest BCUT2D eigenvalue weighted by atomic mass is 79.9. The molecule has 0 aromatic heterocycles. The standard InChI is InChI=1S/C14H20BrClN2.ClH/c1-10(17)11-4-6-18(7-5-11)9-12-2-3-13(16)8-14(12)15;/h2-3,8,10-11H,4-7,9,17H2,1H3;1H. The predicted octanol–water partition coefficient (Wildman–Crippen LogP) is 4.08. The summed E-state index contributed by atoms with van der Waals surface area (Å²) in [6.07, 6.45) is 2.42. The van der Waals surface area contributed by atoms with Gasteiger partial charge >= 0.3 is 0 Å². The lowest BCUT2D eigenvalue weighted by Crippen LogP contribution is -2.39. The molecule has 0 bridgehead atoms. The van der Waals surface area contributed by atoms with Crippen LogP contribution >= 0.6 is 39.9 Å². The molecule has 0 spiro atoms. The number of rotatable bonds is 3. The molecular formula is C14H21BrCl2N2. The van der Waals surface area contributed by atoms with Gasteiger partial charge in [-0.3, -0.25) is 4.90 Å². The molecule has 1 aliphatic rings. The number of piperidine rings is 1. The highest BCUT2D eigenvalue weighted by Gasteiger charge is 2.22. The van der Waals surface area contributed by atoms with Gasteiger partial charge in [0.05, 0.1) is 0 Å². The van der Waals surface area contributed by atoms with E-state index in [2.05, 4.69) is 33.8 Å². The number of halogens is 3. The van der Waals surface area contributed by atoms with Crippen LogP contribution in [-0.2, 0) is 6.54 Å². The van der Waals surface area contributed by atoms with E-state index in [-0.39, 0.29) is 12.4 Å². The molecule has 1 aromatic rings. The minimum Gasteiger partial charge on any atom is -0.328 e. The Morgan fingerprint density at radius 2 is 2.05 bits per heavy atom. The Morgan fingerprint density at radius 3 is 2.58 bits per heavy atom. The first-order valence-electron chi connectivity index (χ1n) is 6.48. The third kappa shape index (κ3) is 4.91. The number of nitrogens with two attached hydrogens (primary N) is 1. The van der Waals surface area contributed by atoms with Crippen LogP contribution in [0.1, 0.15) is 25.3 Å². The van der Waals surface area contributed by atoms with Crippen LogP contribution in [0.3, 0.4) is 0 Å². The van der Waals surface area contributed by atoms with Gasteiger partial charge in [0.25, 0.3) is 0 Å². The minimum atomic E-state index is 0. The summed E-state index contributed by atoms with van der Waals surface area (Å²) in [5.74, 6) is 0.690. The zero-order valence-corrected chi connectivity index (χ0v) is 14.3. The SMILES string of the molecule is CC(N)C1CCN(Cc2ccc(Cl)cc2Br)CC1.Cl. The molecular weight excluding hydrogens is 347 g/mol. The summed E-state index contributed by atoms with van der Waals surface area (Å²) in [6, 6.07) is 6.35. The maximum absolute atomic E-state index is 5.97. The molecule has 0 saturated carbocycles. The van der Waals surface area contributed by atoms with Crippen molar-refractivity contribution in [3.05, 3.63) is 33.3 Å². The van der Waals surface area contributed by atoms with Crippen molar-refractivity contribution in [3.63, 3.8) is 0 Å². The van der Waals surface area contributed by atoms with Crippen molar-refractivity contribution in [1.82, 2.24) is 4.90 Å². The van der Waals surface area contributed by atoms with E-state index in [1.807, 2.05) is 12.1 Å². The van der Waals surface area contributed by atoms with E-state index in [9.17, 15) is 0 Å². The van der Waals surface area contributed by atoms with Crippen molar-refractivity contribution in [2.45, 2.75) is 32.4 Å². The Hall–Kier alpha value is 0.200. The Balaban J connectivity index is 0.00000180. The summed E-state index contributed by atoms with van der Waals surface area (Å²) in [6.45, 7) is 5.39. The molecule has 1 saturated heterocycles. The normalized spacial score (nSPS) is 18.9. The molecule has 1 fully saturated rings. The molecule has 5 heteroatoms. The van der Waals surface area contributed by atoms with Gasteiger partial charge in [0.1, 0.15) is 0 Å². The van der Waals surface area contributed by atoms with Gasteiger partial charge in [-0.25, -0.2) is 0 Å². The minimum absolute atomic E-state index is 0. The van der Waals surface area contributed by atoms with Crippen LogP contribution in [0.4, 0.5) is 0 Å². The van der Waals surface area contributed by atoms with E-state index in [1.165, 1.54) is 18.4 Å². The highest BCUT2D eigenvalue weighted by molar-refractivity contribution is 9.10. The number of hydrogen-bond donors (Lipinski definition) is 1. The van der Waals surface area contributed by atoms with Crippen molar-refractivity contribution < 1.29 is 0 Å². The third-order valence-corrected chi connectivity index (χ3v) is 4.76. The molecule has 1 aliphatic heterocycles. The number of nitrogens with zero attached hydrogens (tertiary/aromatic N) is 1. The van der Waals surface area contributed by atoms with Crippen molar-refractivity contribution in [2.75, 3.05) is 13.1 Å². The van der Waals surface area contributed by atoms with E-state index in [1.54, 1.807) is 0 Å². The van der Waals surface area contributed by atoms with E-state index in [0.29, 0.717) is 12.0 Å². The first-order chi connectivity index (χ1) is 8.56. The van der Waals surface area contributed by atoms with Gasteiger partial charge in [-0.1, -0.05) is 33.6 Å². The molecule has 1 atom stereocenters. The molecule has 1 aromatic carbocycles. The van der Waals surface area contributed by atoms with Crippen LogP contribution < -0.4 is 5.73 Å². The fraction of sp³-hybridized carbons (Fsp3) is 0.571. The highest BCUT2D eigenvalue weighted by Crippen LogP contribution is 2.25. The molecule has 2 nitrogen and oxygen atoms in total. The molecule has 0 amide bonds.